The van der Waals surface area contributed by atoms with Crippen molar-refractivity contribution in [3.8, 4) is 11.3 Å². The van der Waals surface area contributed by atoms with Crippen molar-refractivity contribution in [3.63, 3.8) is 0 Å². The monoisotopic (exact) mass is 209 g/mol. The van der Waals surface area contributed by atoms with E-state index in [2.05, 4.69) is 23.4 Å². The van der Waals surface area contributed by atoms with Crippen LogP contribution in [0.4, 0.5) is 0 Å². The molecule has 2 heterocycles. The first-order chi connectivity index (χ1) is 6.27. The molecule has 0 saturated carbocycles. The molecule has 0 N–H and O–H groups in total. The second kappa shape index (κ2) is 3.48. The topological polar surface area (TPSA) is 12.9 Å². The van der Waals surface area contributed by atoms with Gasteiger partial charge in [0, 0.05) is 16.6 Å². The fourth-order valence-electron chi connectivity index (χ4n) is 1.19. The van der Waals surface area contributed by atoms with E-state index in [0.717, 1.165) is 5.69 Å². The van der Waals surface area contributed by atoms with Gasteiger partial charge < -0.3 is 0 Å². The molecule has 3 heteroatoms. The molecule has 0 spiro atoms. The van der Waals surface area contributed by atoms with Gasteiger partial charge in [-0.15, -0.1) is 11.3 Å². The van der Waals surface area contributed by atoms with Gasteiger partial charge in [0.2, 0.25) is 0 Å². The zero-order chi connectivity index (χ0) is 9.26. The average molecular weight is 210 g/mol. The molecule has 0 aliphatic rings. The lowest BCUT2D eigenvalue weighted by molar-refractivity contribution is 1.32. The molecule has 0 aliphatic heterocycles. The van der Waals surface area contributed by atoms with Crippen LogP contribution in [0.1, 0.15) is 4.88 Å². The van der Waals surface area contributed by atoms with E-state index in [0.29, 0.717) is 5.02 Å². The first-order valence-electron chi connectivity index (χ1n) is 3.93. The van der Waals surface area contributed by atoms with E-state index in [9.17, 15) is 0 Å². The second-order valence-electron chi connectivity index (χ2n) is 2.75. The molecule has 0 radical (unpaired) electrons. The number of nitrogens with zero attached hydrogens (tertiary/aromatic N) is 1. The lowest BCUT2D eigenvalue weighted by Gasteiger charge is -1.98. The van der Waals surface area contributed by atoms with Gasteiger partial charge in [0.05, 0.1) is 10.7 Å². The van der Waals surface area contributed by atoms with Crippen LogP contribution in [-0.2, 0) is 0 Å². The molecule has 0 unspecified atom stereocenters. The van der Waals surface area contributed by atoms with Crippen molar-refractivity contribution in [3.05, 3.63) is 39.7 Å². The molecular weight excluding hydrogens is 202 g/mol. The van der Waals surface area contributed by atoms with Crippen molar-refractivity contribution in [2.75, 3.05) is 0 Å². The first kappa shape index (κ1) is 8.73. The van der Waals surface area contributed by atoms with E-state index in [1.54, 1.807) is 17.5 Å². The van der Waals surface area contributed by atoms with Gasteiger partial charge in [-0.3, -0.25) is 4.98 Å². The van der Waals surface area contributed by atoms with Crippen molar-refractivity contribution in [1.82, 2.24) is 4.98 Å². The van der Waals surface area contributed by atoms with Gasteiger partial charge in [-0.25, -0.2) is 0 Å². The van der Waals surface area contributed by atoms with E-state index in [4.69, 9.17) is 11.6 Å². The van der Waals surface area contributed by atoms with Gasteiger partial charge in [0.15, 0.2) is 0 Å². The minimum atomic E-state index is 0.677. The van der Waals surface area contributed by atoms with Crippen LogP contribution in [-0.4, -0.2) is 4.98 Å². The molecule has 2 aromatic heterocycles. The number of hydrogen-bond acceptors (Lipinski definition) is 2. The zero-order valence-electron chi connectivity index (χ0n) is 7.12. The molecule has 2 rings (SSSR count). The molecule has 0 aliphatic carbocycles. The number of pyridine rings is 1. The molecule has 0 atom stereocenters. The predicted molar refractivity (Wildman–Crippen MR) is 57.3 cm³/mol. The summed E-state index contributed by atoms with van der Waals surface area (Å²) >= 11 is 7.48. The number of halogens is 1. The van der Waals surface area contributed by atoms with Crippen LogP contribution in [0.25, 0.3) is 11.3 Å². The summed E-state index contributed by atoms with van der Waals surface area (Å²) < 4.78 is 0. The van der Waals surface area contributed by atoms with Crippen LogP contribution < -0.4 is 0 Å². The standard InChI is InChI=1S/C10H8ClNS/c1-7-9(4-5-13-7)10-3-2-8(11)6-12-10/h2-6H,1H3. The van der Waals surface area contributed by atoms with Crippen LogP contribution in [0.5, 0.6) is 0 Å². The minimum Gasteiger partial charge on any atom is -0.255 e. The number of aromatic nitrogens is 1. The molecule has 0 amide bonds. The Morgan fingerprint density at radius 1 is 1.31 bits per heavy atom. The summed E-state index contributed by atoms with van der Waals surface area (Å²) in [5.74, 6) is 0. The Labute approximate surface area is 86.0 Å². The van der Waals surface area contributed by atoms with Crippen molar-refractivity contribution in [1.29, 1.82) is 0 Å². The minimum absolute atomic E-state index is 0.677. The van der Waals surface area contributed by atoms with Gasteiger partial charge in [-0.1, -0.05) is 11.6 Å². The van der Waals surface area contributed by atoms with Crippen molar-refractivity contribution >= 4 is 22.9 Å². The third kappa shape index (κ3) is 1.74. The number of rotatable bonds is 1. The fraction of sp³-hybridized carbons (Fsp3) is 0.100. The maximum atomic E-state index is 5.75. The van der Waals surface area contributed by atoms with Crippen LogP contribution in [0.2, 0.25) is 5.02 Å². The van der Waals surface area contributed by atoms with E-state index >= 15 is 0 Å². The molecule has 0 fully saturated rings. The fourth-order valence-corrected chi connectivity index (χ4v) is 2.01. The zero-order valence-corrected chi connectivity index (χ0v) is 8.69. The largest absolute Gasteiger partial charge is 0.255 e. The third-order valence-electron chi connectivity index (χ3n) is 1.86. The Balaban J connectivity index is 2.47. The number of aryl methyl sites for hydroxylation is 1. The highest BCUT2D eigenvalue weighted by atomic mass is 35.5. The van der Waals surface area contributed by atoms with Gasteiger partial charge in [-0.2, -0.15) is 0 Å². The Morgan fingerprint density at radius 2 is 2.15 bits per heavy atom. The Kier molecular flexibility index (Phi) is 2.34. The van der Waals surface area contributed by atoms with Crippen molar-refractivity contribution in [2.24, 2.45) is 0 Å². The summed E-state index contributed by atoms with van der Waals surface area (Å²) in [6.07, 6.45) is 1.67. The molecule has 1 nitrogen and oxygen atoms in total. The van der Waals surface area contributed by atoms with Crippen LogP contribution in [0.3, 0.4) is 0 Å². The quantitative estimate of drug-likeness (QED) is 0.697. The summed E-state index contributed by atoms with van der Waals surface area (Å²) in [6.45, 7) is 2.09. The maximum Gasteiger partial charge on any atom is 0.0714 e. The Bertz CT molecular complexity index is 405. The van der Waals surface area contributed by atoms with Crippen molar-refractivity contribution < 1.29 is 0 Å². The average Bonchev–Trinajstić information content (AvgIpc) is 2.53. The van der Waals surface area contributed by atoms with E-state index < -0.39 is 0 Å². The van der Waals surface area contributed by atoms with Gasteiger partial charge in [-0.05, 0) is 30.5 Å². The molecule has 0 bridgehead atoms. The van der Waals surface area contributed by atoms with Gasteiger partial charge in [0.1, 0.15) is 0 Å². The first-order valence-corrected chi connectivity index (χ1v) is 5.19. The molecule has 0 saturated heterocycles. The highest BCUT2D eigenvalue weighted by Crippen LogP contribution is 2.26. The summed E-state index contributed by atoms with van der Waals surface area (Å²) in [7, 11) is 0. The molecule has 13 heavy (non-hydrogen) atoms. The summed E-state index contributed by atoms with van der Waals surface area (Å²) in [5, 5.41) is 2.75. The number of thiophene rings is 1. The van der Waals surface area contributed by atoms with Gasteiger partial charge in [0.25, 0.3) is 0 Å². The van der Waals surface area contributed by atoms with E-state index in [-0.39, 0.29) is 0 Å². The summed E-state index contributed by atoms with van der Waals surface area (Å²) in [6, 6.07) is 5.88. The normalized spacial score (nSPS) is 10.3. The summed E-state index contributed by atoms with van der Waals surface area (Å²) in [4.78, 5) is 5.54. The van der Waals surface area contributed by atoms with Crippen LogP contribution in [0.15, 0.2) is 29.8 Å². The van der Waals surface area contributed by atoms with Crippen LogP contribution in [0, 0.1) is 6.92 Å². The third-order valence-corrected chi connectivity index (χ3v) is 2.93. The predicted octanol–water partition coefficient (Wildman–Crippen LogP) is 3.77. The molecule has 0 aromatic carbocycles. The van der Waals surface area contributed by atoms with E-state index in [1.165, 1.54) is 10.4 Å². The SMILES string of the molecule is Cc1sccc1-c1ccc(Cl)cn1. The van der Waals surface area contributed by atoms with Crippen LogP contribution >= 0.6 is 22.9 Å². The molecular formula is C10H8ClNS. The lowest BCUT2D eigenvalue weighted by Crippen LogP contribution is -1.81. The lowest BCUT2D eigenvalue weighted by atomic mass is 10.2. The van der Waals surface area contributed by atoms with E-state index in [1.807, 2.05) is 12.1 Å². The Hall–Kier alpha value is -0.860. The van der Waals surface area contributed by atoms with Crippen molar-refractivity contribution in [2.45, 2.75) is 6.92 Å². The van der Waals surface area contributed by atoms with Gasteiger partial charge >= 0.3 is 0 Å². The summed E-state index contributed by atoms with van der Waals surface area (Å²) in [5.41, 5.74) is 2.19. The number of hydrogen-bond donors (Lipinski definition) is 0. The Morgan fingerprint density at radius 3 is 2.69 bits per heavy atom. The maximum absolute atomic E-state index is 5.75. The highest BCUT2D eigenvalue weighted by molar-refractivity contribution is 7.10. The smallest absolute Gasteiger partial charge is 0.0714 e. The highest BCUT2D eigenvalue weighted by Gasteiger charge is 2.03. The second-order valence-corrected chi connectivity index (χ2v) is 4.31. The molecule has 66 valence electrons. The molecule has 2 aromatic rings.